The van der Waals surface area contributed by atoms with Crippen molar-refractivity contribution in [2.45, 2.75) is 469 Å². The Kier molecular flexibility index (Phi) is 72.3. The monoisotopic (exact) mass is 1170 g/mol. The van der Waals surface area contributed by atoms with Crippen molar-refractivity contribution in [2.75, 3.05) is 13.2 Å². The number of unbranched alkanes of at least 4 members (excludes halogenated alkanes) is 63. The first kappa shape index (κ1) is 81.9. The second kappa shape index (κ2) is 73.3. The van der Waals surface area contributed by atoms with Gasteiger partial charge in [0.25, 0.3) is 0 Å². The van der Waals surface area contributed by atoms with E-state index in [0.717, 1.165) is 38.5 Å². The molecule has 2 unspecified atom stereocenters. The summed E-state index contributed by atoms with van der Waals surface area (Å²) in [4.78, 5) is 24.7. The number of hydrogen-bond donors (Lipinski definition) is 3. The van der Waals surface area contributed by atoms with Gasteiger partial charge in [-0.05, 0) is 25.7 Å². The maximum Gasteiger partial charge on any atom is 0.305 e. The summed E-state index contributed by atoms with van der Waals surface area (Å²) in [5.41, 5.74) is 0. The van der Waals surface area contributed by atoms with Crippen molar-refractivity contribution in [3.05, 3.63) is 0 Å². The van der Waals surface area contributed by atoms with E-state index in [1.165, 1.54) is 385 Å². The summed E-state index contributed by atoms with van der Waals surface area (Å²) in [5.74, 6) is -0.00288. The molecule has 0 saturated carbocycles. The molecule has 2 atom stereocenters. The standard InChI is InChI=1S/C77H153NO5/c1-3-5-7-9-11-13-15-17-19-21-23-30-34-37-41-45-49-53-57-61-65-69-75(80)74(73-79)78-76(81)70-66-62-58-54-50-46-42-38-35-31-28-26-24-25-27-29-32-36-40-44-48-52-56-60-64-68-72-83-77(82)71-67-63-59-55-51-47-43-39-33-22-20-18-16-14-12-10-8-6-4-2/h74-75,79-80H,3-73H2,1-2H3,(H,78,81). The summed E-state index contributed by atoms with van der Waals surface area (Å²) in [5, 5.41) is 23.4. The number of carbonyl (C=O) groups is 2. The van der Waals surface area contributed by atoms with E-state index in [1.807, 2.05) is 0 Å². The minimum absolute atomic E-state index is 0.0238. The smallest absolute Gasteiger partial charge is 0.305 e. The molecule has 0 aliphatic rings. The summed E-state index contributed by atoms with van der Waals surface area (Å²) in [6, 6.07) is -0.540. The molecule has 0 rings (SSSR count). The van der Waals surface area contributed by atoms with E-state index >= 15 is 0 Å². The van der Waals surface area contributed by atoms with Gasteiger partial charge in [0.2, 0.25) is 5.91 Å². The third-order valence-corrected chi connectivity index (χ3v) is 18.7. The van der Waals surface area contributed by atoms with E-state index in [0.29, 0.717) is 25.9 Å². The lowest BCUT2D eigenvalue weighted by molar-refractivity contribution is -0.143. The number of aliphatic hydroxyl groups is 2. The molecule has 3 N–H and O–H groups in total. The molecule has 0 aliphatic heterocycles. The van der Waals surface area contributed by atoms with Crippen molar-refractivity contribution >= 4 is 11.9 Å². The van der Waals surface area contributed by atoms with Crippen LogP contribution < -0.4 is 5.32 Å². The Morgan fingerprint density at radius 3 is 0.735 bits per heavy atom. The predicted octanol–water partition coefficient (Wildman–Crippen LogP) is 25.3. The lowest BCUT2D eigenvalue weighted by Gasteiger charge is -2.22. The van der Waals surface area contributed by atoms with Crippen LogP contribution in [0.2, 0.25) is 0 Å². The topological polar surface area (TPSA) is 95.9 Å². The molecular formula is C77H153NO5. The fraction of sp³-hybridized carbons (Fsp3) is 0.974. The molecule has 6 heteroatoms. The van der Waals surface area contributed by atoms with Gasteiger partial charge in [-0.3, -0.25) is 9.59 Å². The number of esters is 1. The average molecular weight is 1170 g/mol. The molecule has 496 valence electrons. The fourth-order valence-corrected chi connectivity index (χ4v) is 12.8. The molecule has 0 heterocycles. The van der Waals surface area contributed by atoms with Crippen LogP contribution >= 0.6 is 0 Å². The summed E-state index contributed by atoms with van der Waals surface area (Å²) in [6.07, 6.45) is 90.4. The van der Waals surface area contributed by atoms with E-state index in [2.05, 4.69) is 19.2 Å². The molecule has 0 spiro atoms. The number of aliphatic hydroxyl groups excluding tert-OH is 2. The Morgan fingerprint density at radius 1 is 0.289 bits per heavy atom. The predicted molar refractivity (Wildman–Crippen MR) is 366 cm³/mol. The highest BCUT2D eigenvalue weighted by Gasteiger charge is 2.20. The first-order chi connectivity index (χ1) is 41.0. The van der Waals surface area contributed by atoms with E-state index in [4.69, 9.17) is 4.74 Å². The largest absolute Gasteiger partial charge is 0.466 e. The van der Waals surface area contributed by atoms with Crippen LogP contribution in [0.5, 0.6) is 0 Å². The fourth-order valence-electron chi connectivity index (χ4n) is 12.8. The van der Waals surface area contributed by atoms with Gasteiger partial charge in [-0.25, -0.2) is 0 Å². The summed E-state index contributed by atoms with van der Waals surface area (Å²) < 4.78 is 5.52. The number of hydrogen-bond acceptors (Lipinski definition) is 5. The normalized spacial score (nSPS) is 12.4. The van der Waals surface area contributed by atoms with Crippen LogP contribution in [0, 0.1) is 0 Å². The number of nitrogens with one attached hydrogen (secondary N) is 1. The molecule has 0 aromatic heterocycles. The zero-order valence-corrected chi connectivity index (χ0v) is 57.0. The molecule has 0 radical (unpaired) electrons. The van der Waals surface area contributed by atoms with Crippen molar-refractivity contribution in [3.8, 4) is 0 Å². The van der Waals surface area contributed by atoms with Crippen LogP contribution in [0.25, 0.3) is 0 Å². The molecule has 6 nitrogen and oxygen atoms in total. The van der Waals surface area contributed by atoms with Crippen molar-refractivity contribution in [1.29, 1.82) is 0 Å². The van der Waals surface area contributed by atoms with Gasteiger partial charge >= 0.3 is 5.97 Å². The van der Waals surface area contributed by atoms with Gasteiger partial charge in [-0.1, -0.05) is 418 Å². The Hall–Kier alpha value is -1.14. The molecule has 0 bridgehead atoms. The van der Waals surface area contributed by atoms with Crippen molar-refractivity contribution in [1.82, 2.24) is 5.32 Å². The summed E-state index contributed by atoms with van der Waals surface area (Å²) in [6.45, 7) is 5.02. The zero-order chi connectivity index (χ0) is 59.9. The van der Waals surface area contributed by atoms with Crippen LogP contribution in [0.4, 0.5) is 0 Å². The van der Waals surface area contributed by atoms with Gasteiger partial charge in [0.1, 0.15) is 0 Å². The van der Waals surface area contributed by atoms with E-state index < -0.39 is 12.1 Å². The quantitative estimate of drug-likeness (QED) is 0.0417. The van der Waals surface area contributed by atoms with Gasteiger partial charge in [0.15, 0.2) is 0 Å². The Labute approximate surface area is 521 Å². The lowest BCUT2D eigenvalue weighted by atomic mass is 10.0. The molecule has 0 fully saturated rings. The van der Waals surface area contributed by atoms with Gasteiger partial charge < -0.3 is 20.3 Å². The zero-order valence-electron chi connectivity index (χ0n) is 57.0. The minimum atomic E-state index is -0.663. The van der Waals surface area contributed by atoms with Crippen molar-refractivity contribution in [3.63, 3.8) is 0 Å². The highest BCUT2D eigenvalue weighted by atomic mass is 16.5. The van der Waals surface area contributed by atoms with Crippen LogP contribution in [0.1, 0.15) is 457 Å². The molecule has 1 amide bonds. The number of carbonyl (C=O) groups excluding carboxylic acids is 2. The maximum absolute atomic E-state index is 12.6. The van der Waals surface area contributed by atoms with Gasteiger partial charge in [0.05, 0.1) is 25.4 Å². The van der Waals surface area contributed by atoms with Crippen LogP contribution in [0.15, 0.2) is 0 Å². The first-order valence-corrected chi connectivity index (χ1v) is 38.8. The van der Waals surface area contributed by atoms with Gasteiger partial charge in [-0.2, -0.15) is 0 Å². The van der Waals surface area contributed by atoms with Crippen molar-refractivity contribution in [2.24, 2.45) is 0 Å². The Bertz CT molecular complexity index is 1210. The van der Waals surface area contributed by atoms with Crippen LogP contribution in [0.3, 0.4) is 0 Å². The third-order valence-electron chi connectivity index (χ3n) is 18.7. The number of rotatable bonds is 74. The van der Waals surface area contributed by atoms with Gasteiger partial charge in [0, 0.05) is 12.8 Å². The second-order valence-corrected chi connectivity index (χ2v) is 27.1. The number of amides is 1. The average Bonchev–Trinajstić information content (AvgIpc) is 3.49. The van der Waals surface area contributed by atoms with Crippen LogP contribution in [-0.4, -0.2) is 47.4 Å². The maximum atomic E-state index is 12.6. The van der Waals surface area contributed by atoms with E-state index in [-0.39, 0.29) is 18.5 Å². The highest BCUT2D eigenvalue weighted by Crippen LogP contribution is 2.20. The SMILES string of the molecule is CCCCCCCCCCCCCCCCCCCCCCCC(O)C(CO)NC(=O)CCCCCCCCCCCCCCCCCCCCCCCCCCCCOC(=O)CCCCCCCCCCCCCCCCCCCCC. The molecule has 0 aromatic carbocycles. The lowest BCUT2D eigenvalue weighted by Crippen LogP contribution is -2.45. The molecule has 0 saturated heterocycles. The third kappa shape index (κ3) is 69.8. The van der Waals surface area contributed by atoms with E-state index in [1.54, 1.807) is 0 Å². The Balaban J connectivity index is 3.33. The van der Waals surface area contributed by atoms with E-state index in [9.17, 15) is 19.8 Å². The minimum Gasteiger partial charge on any atom is -0.466 e. The Morgan fingerprint density at radius 2 is 0.494 bits per heavy atom. The molecule has 83 heavy (non-hydrogen) atoms. The van der Waals surface area contributed by atoms with Crippen molar-refractivity contribution < 1.29 is 24.5 Å². The summed E-state index contributed by atoms with van der Waals surface area (Å²) >= 11 is 0. The molecule has 0 aliphatic carbocycles. The first-order valence-electron chi connectivity index (χ1n) is 38.8. The second-order valence-electron chi connectivity index (χ2n) is 27.1. The molecular weight excluding hydrogens is 1020 g/mol. The van der Waals surface area contributed by atoms with Crippen LogP contribution in [-0.2, 0) is 14.3 Å². The number of ether oxygens (including phenoxy) is 1. The molecule has 0 aromatic rings. The van der Waals surface area contributed by atoms with Gasteiger partial charge in [-0.15, -0.1) is 0 Å². The highest BCUT2D eigenvalue weighted by molar-refractivity contribution is 5.76. The summed E-state index contributed by atoms with van der Waals surface area (Å²) in [7, 11) is 0.